The lowest BCUT2D eigenvalue weighted by atomic mass is 9.75. The molecule has 0 amide bonds. The number of benzene rings is 3. The van der Waals surface area contributed by atoms with Gasteiger partial charge < -0.3 is 29.2 Å². The Labute approximate surface area is 233 Å². The number of nitrogens with zero attached hydrogens (tertiary/aromatic N) is 1. The molecule has 6 heteroatoms. The molecule has 1 saturated heterocycles. The minimum Gasteiger partial charge on any atom is -0.492 e. The van der Waals surface area contributed by atoms with Crippen molar-refractivity contribution in [2.45, 2.75) is 64.6 Å². The van der Waals surface area contributed by atoms with Crippen LogP contribution in [0.1, 0.15) is 56.4 Å². The van der Waals surface area contributed by atoms with E-state index in [0.29, 0.717) is 25.7 Å². The molecule has 208 valence electrons. The summed E-state index contributed by atoms with van der Waals surface area (Å²) in [6.45, 7) is 9.15. The fraction of sp³-hybridized carbons (Fsp3) is 0.455. The molecule has 3 aromatic rings. The first-order chi connectivity index (χ1) is 18.8. The van der Waals surface area contributed by atoms with E-state index < -0.39 is 0 Å². The quantitative estimate of drug-likeness (QED) is 0.310. The summed E-state index contributed by atoms with van der Waals surface area (Å²) in [6, 6.07) is 22.7. The number of nitrogens with one attached hydrogen (secondary N) is 1. The first kappa shape index (κ1) is 27.4. The number of ether oxygens (including phenoxy) is 4. The molecule has 0 saturated carbocycles. The van der Waals surface area contributed by atoms with Crippen LogP contribution in [0.3, 0.4) is 0 Å². The standard InChI is InChI=1S/C33H42N2O4/c1-23-14-15-29-32(38-23)28-20-30(37-22-24-10-7-6-8-11-24)25(18-31(28)39-33(29,2)3)21-34-26-12-9-13-27(19-26)36-17-16-35(4)5/h6-13,18-20,23,29,32,34H,14-17,21-22H2,1-5H3/t23-,29-,32+/m0/s1. The van der Waals surface area contributed by atoms with E-state index in [4.69, 9.17) is 18.9 Å². The maximum absolute atomic E-state index is 6.63. The van der Waals surface area contributed by atoms with Gasteiger partial charge in [-0.3, -0.25) is 0 Å². The second-order valence-corrected chi connectivity index (χ2v) is 11.6. The van der Waals surface area contributed by atoms with Gasteiger partial charge in [0.2, 0.25) is 0 Å². The summed E-state index contributed by atoms with van der Waals surface area (Å²) >= 11 is 0. The summed E-state index contributed by atoms with van der Waals surface area (Å²) in [5.74, 6) is 2.90. The van der Waals surface area contributed by atoms with Gasteiger partial charge in [0.1, 0.15) is 36.1 Å². The van der Waals surface area contributed by atoms with Crippen LogP contribution in [0.25, 0.3) is 0 Å². The molecule has 6 nitrogen and oxygen atoms in total. The average molecular weight is 531 g/mol. The molecule has 0 spiro atoms. The van der Waals surface area contributed by atoms with Crippen molar-refractivity contribution < 1.29 is 18.9 Å². The molecule has 0 unspecified atom stereocenters. The fourth-order valence-corrected chi connectivity index (χ4v) is 5.52. The van der Waals surface area contributed by atoms with Gasteiger partial charge in [0, 0.05) is 41.9 Å². The second-order valence-electron chi connectivity index (χ2n) is 11.6. The summed E-state index contributed by atoms with van der Waals surface area (Å²) in [4.78, 5) is 2.11. The molecule has 3 aromatic carbocycles. The van der Waals surface area contributed by atoms with Gasteiger partial charge in [0.15, 0.2) is 0 Å². The number of fused-ring (bicyclic) bond motifs is 3. The Hall–Kier alpha value is -3.22. The molecule has 0 radical (unpaired) electrons. The van der Waals surface area contributed by atoms with Gasteiger partial charge in [0.25, 0.3) is 0 Å². The molecule has 5 rings (SSSR count). The SMILES string of the molecule is C[C@H]1CC[C@H]2[C@H](O1)c1cc(OCc3ccccc3)c(CNc3cccc(OCCN(C)C)c3)cc1OC2(C)C. The summed E-state index contributed by atoms with van der Waals surface area (Å²) in [5, 5.41) is 3.57. The van der Waals surface area contributed by atoms with E-state index in [1.165, 1.54) is 0 Å². The van der Waals surface area contributed by atoms with Crippen molar-refractivity contribution in [2.75, 3.05) is 32.6 Å². The van der Waals surface area contributed by atoms with Crippen molar-refractivity contribution in [1.82, 2.24) is 4.90 Å². The predicted octanol–water partition coefficient (Wildman–Crippen LogP) is 6.85. The van der Waals surface area contributed by atoms with Gasteiger partial charge in [-0.25, -0.2) is 0 Å². The van der Waals surface area contributed by atoms with Crippen molar-refractivity contribution in [3.8, 4) is 17.2 Å². The maximum Gasteiger partial charge on any atom is 0.126 e. The largest absolute Gasteiger partial charge is 0.492 e. The fourth-order valence-electron chi connectivity index (χ4n) is 5.52. The zero-order valence-corrected chi connectivity index (χ0v) is 23.9. The minimum absolute atomic E-state index is 0.00424. The summed E-state index contributed by atoms with van der Waals surface area (Å²) in [5.41, 5.74) is 3.97. The molecule has 39 heavy (non-hydrogen) atoms. The summed E-state index contributed by atoms with van der Waals surface area (Å²) < 4.78 is 25.6. The van der Waals surface area contributed by atoms with Gasteiger partial charge in [-0.1, -0.05) is 36.4 Å². The Bertz CT molecular complexity index is 1240. The normalized spacial score (nSPS) is 21.4. The van der Waals surface area contributed by atoms with E-state index in [1.54, 1.807) is 0 Å². The first-order valence-corrected chi connectivity index (χ1v) is 14.1. The van der Waals surface area contributed by atoms with Gasteiger partial charge in [0.05, 0.1) is 12.2 Å². The Morgan fingerprint density at radius 2 is 1.79 bits per heavy atom. The third-order valence-electron chi connectivity index (χ3n) is 7.76. The first-order valence-electron chi connectivity index (χ1n) is 14.1. The van der Waals surface area contributed by atoms with Crippen molar-refractivity contribution in [1.29, 1.82) is 0 Å². The smallest absolute Gasteiger partial charge is 0.126 e. The van der Waals surface area contributed by atoms with E-state index in [9.17, 15) is 0 Å². The molecule has 1 fully saturated rings. The molecule has 3 atom stereocenters. The number of rotatable bonds is 10. The molecule has 0 aromatic heterocycles. The van der Waals surface area contributed by atoms with Gasteiger partial charge in [-0.2, -0.15) is 0 Å². The van der Waals surface area contributed by atoms with Crippen molar-refractivity contribution in [3.05, 3.63) is 83.4 Å². The molecule has 2 aliphatic heterocycles. The monoisotopic (exact) mass is 530 g/mol. The maximum atomic E-state index is 6.63. The molecular formula is C33H42N2O4. The third-order valence-corrected chi connectivity index (χ3v) is 7.76. The topological polar surface area (TPSA) is 52.2 Å². The van der Waals surface area contributed by atoms with Gasteiger partial charge >= 0.3 is 0 Å². The molecule has 0 bridgehead atoms. The highest BCUT2D eigenvalue weighted by Gasteiger charge is 2.47. The van der Waals surface area contributed by atoms with E-state index in [-0.39, 0.29) is 17.8 Å². The van der Waals surface area contributed by atoms with Crippen LogP contribution in [0.5, 0.6) is 17.2 Å². The van der Waals surface area contributed by atoms with Crippen LogP contribution in [-0.2, 0) is 17.9 Å². The van der Waals surface area contributed by atoms with Crippen LogP contribution in [0.2, 0.25) is 0 Å². The average Bonchev–Trinajstić information content (AvgIpc) is 2.91. The van der Waals surface area contributed by atoms with Gasteiger partial charge in [-0.15, -0.1) is 0 Å². The number of anilines is 1. The Morgan fingerprint density at radius 1 is 0.974 bits per heavy atom. The molecule has 0 aliphatic carbocycles. The molecule has 2 aliphatic rings. The van der Waals surface area contributed by atoms with Crippen molar-refractivity contribution in [3.63, 3.8) is 0 Å². The highest BCUT2D eigenvalue weighted by atomic mass is 16.5. The Balaban J connectivity index is 1.40. The van der Waals surface area contributed by atoms with Crippen LogP contribution in [0.4, 0.5) is 5.69 Å². The van der Waals surface area contributed by atoms with Crippen LogP contribution < -0.4 is 19.5 Å². The van der Waals surface area contributed by atoms with E-state index in [0.717, 1.165) is 59.0 Å². The second kappa shape index (κ2) is 11.9. The zero-order valence-electron chi connectivity index (χ0n) is 23.9. The minimum atomic E-state index is -0.298. The van der Waals surface area contributed by atoms with Crippen molar-refractivity contribution >= 4 is 5.69 Å². The Morgan fingerprint density at radius 3 is 2.59 bits per heavy atom. The summed E-state index contributed by atoms with van der Waals surface area (Å²) in [6.07, 6.45) is 2.38. The predicted molar refractivity (Wildman–Crippen MR) is 156 cm³/mol. The van der Waals surface area contributed by atoms with Crippen LogP contribution >= 0.6 is 0 Å². The lowest BCUT2D eigenvalue weighted by molar-refractivity contribution is -0.144. The van der Waals surface area contributed by atoms with E-state index in [1.807, 2.05) is 50.5 Å². The zero-order chi connectivity index (χ0) is 27.4. The van der Waals surface area contributed by atoms with Crippen LogP contribution in [0, 0.1) is 5.92 Å². The molecule has 2 heterocycles. The van der Waals surface area contributed by atoms with Crippen molar-refractivity contribution in [2.24, 2.45) is 5.92 Å². The lowest BCUT2D eigenvalue weighted by Gasteiger charge is -2.48. The van der Waals surface area contributed by atoms with E-state index >= 15 is 0 Å². The van der Waals surface area contributed by atoms with E-state index in [2.05, 4.69) is 61.3 Å². The number of likely N-dealkylation sites (N-methyl/N-ethyl adjacent to an activating group) is 1. The third kappa shape index (κ3) is 6.68. The number of hydrogen-bond donors (Lipinski definition) is 1. The van der Waals surface area contributed by atoms with Crippen LogP contribution in [0.15, 0.2) is 66.7 Å². The highest BCUT2D eigenvalue weighted by molar-refractivity contribution is 5.53. The van der Waals surface area contributed by atoms with Crippen LogP contribution in [-0.4, -0.2) is 43.9 Å². The molecular weight excluding hydrogens is 488 g/mol. The lowest BCUT2D eigenvalue weighted by Crippen LogP contribution is -2.48. The highest BCUT2D eigenvalue weighted by Crippen LogP contribution is 2.52. The summed E-state index contributed by atoms with van der Waals surface area (Å²) in [7, 11) is 4.09. The Kier molecular flexibility index (Phi) is 8.34. The number of hydrogen-bond acceptors (Lipinski definition) is 6. The molecule has 1 N–H and O–H groups in total. The van der Waals surface area contributed by atoms with Gasteiger partial charge in [-0.05, 0) is 77.5 Å².